The van der Waals surface area contributed by atoms with Gasteiger partial charge in [-0.25, -0.2) is 0 Å². The van der Waals surface area contributed by atoms with Crippen LogP contribution in [0.2, 0.25) is 0 Å². The van der Waals surface area contributed by atoms with Gasteiger partial charge in [-0.2, -0.15) is 0 Å². The Labute approximate surface area is 108 Å². The van der Waals surface area contributed by atoms with Gasteiger partial charge < -0.3 is 19.5 Å². The molecule has 1 aliphatic heterocycles. The molecule has 0 fully saturated rings. The summed E-state index contributed by atoms with van der Waals surface area (Å²) in [4.78, 5) is 0. The molecule has 0 aliphatic carbocycles. The van der Waals surface area contributed by atoms with Crippen LogP contribution in [0.4, 0.5) is 0 Å². The van der Waals surface area contributed by atoms with Crippen LogP contribution < -0.4 is 10.2 Å². The summed E-state index contributed by atoms with van der Waals surface area (Å²) >= 11 is 0. The van der Waals surface area contributed by atoms with E-state index in [1.54, 1.807) is 0 Å². The van der Waals surface area contributed by atoms with Gasteiger partial charge >= 0.3 is 7.12 Å². The predicted molar refractivity (Wildman–Crippen MR) is 69.9 cm³/mol. The molecule has 4 nitrogen and oxygen atoms in total. The van der Waals surface area contributed by atoms with Crippen LogP contribution in [0.15, 0.2) is 18.2 Å². The average molecular weight is 250 g/mol. The molecule has 1 aromatic rings. The van der Waals surface area contributed by atoms with Crippen molar-refractivity contribution in [2.24, 2.45) is 0 Å². The lowest BCUT2D eigenvalue weighted by molar-refractivity contribution is 0.0905. The molecule has 98 valence electrons. The van der Waals surface area contributed by atoms with E-state index in [1.807, 2.05) is 32.0 Å². The first-order valence-electron chi connectivity index (χ1n) is 6.25. The van der Waals surface area contributed by atoms with E-state index in [2.05, 4.69) is 0 Å². The molecule has 0 saturated carbocycles. The SMILES string of the molecule is CC(C)(CCCO)Oc1cccc2c1B(O)OC2. The van der Waals surface area contributed by atoms with Gasteiger partial charge in [-0.15, -0.1) is 0 Å². The van der Waals surface area contributed by atoms with Crippen molar-refractivity contribution in [1.82, 2.24) is 0 Å². The van der Waals surface area contributed by atoms with Crippen LogP contribution in [0.25, 0.3) is 0 Å². The van der Waals surface area contributed by atoms with E-state index in [9.17, 15) is 5.02 Å². The van der Waals surface area contributed by atoms with E-state index < -0.39 is 7.12 Å². The smallest absolute Gasteiger partial charge is 0.488 e. The number of ether oxygens (including phenoxy) is 1. The monoisotopic (exact) mass is 250 g/mol. The summed E-state index contributed by atoms with van der Waals surface area (Å²) < 4.78 is 11.2. The van der Waals surface area contributed by atoms with Crippen LogP contribution in [0.5, 0.6) is 5.75 Å². The van der Waals surface area contributed by atoms with Gasteiger partial charge in [0.1, 0.15) is 11.4 Å². The lowest BCUT2D eigenvalue weighted by Crippen LogP contribution is -2.35. The summed E-state index contributed by atoms with van der Waals surface area (Å²) in [7, 11) is -0.898. The zero-order valence-corrected chi connectivity index (χ0v) is 10.8. The summed E-state index contributed by atoms with van der Waals surface area (Å²) in [6, 6.07) is 5.67. The van der Waals surface area contributed by atoms with Crippen LogP contribution in [0, 0.1) is 0 Å². The summed E-state index contributed by atoms with van der Waals surface area (Å²) in [6.07, 6.45) is 1.45. The molecule has 0 unspecified atom stereocenters. The first-order chi connectivity index (χ1) is 8.53. The maximum absolute atomic E-state index is 9.79. The number of benzene rings is 1. The molecule has 0 saturated heterocycles. The van der Waals surface area contributed by atoms with Gasteiger partial charge in [0.05, 0.1) is 6.61 Å². The van der Waals surface area contributed by atoms with Gasteiger partial charge in [-0.1, -0.05) is 12.1 Å². The van der Waals surface area contributed by atoms with Gasteiger partial charge in [0.2, 0.25) is 0 Å². The third-order valence-electron chi connectivity index (χ3n) is 3.12. The van der Waals surface area contributed by atoms with Crippen molar-refractivity contribution in [2.75, 3.05) is 6.61 Å². The van der Waals surface area contributed by atoms with Crippen LogP contribution in [-0.4, -0.2) is 29.5 Å². The Morgan fingerprint density at radius 2 is 2.22 bits per heavy atom. The maximum atomic E-state index is 9.79. The van der Waals surface area contributed by atoms with Crippen molar-refractivity contribution < 1.29 is 19.5 Å². The van der Waals surface area contributed by atoms with E-state index in [0.717, 1.165) is 17.4 Å². The van der Waals surface area contributed by atoms with Crippen molar-refractivity contribution in [3.63, 3.8) is 0 Å². The fraction of sp³-hybridized carbons (Fsp3) is 0.538. The Hall–Kier alpha value is -1.04. The highest BCUT2D eigenvalue weighted by Gasteiger charge is 2.32. The standard InChI is InChI=1S/C13H19BO4/c1-13(2,7-4-8-15)18-11-6-3-5-10-9-17-14(16)12(10)11/h3,5-6,15-16H,4,7-9H2,1-2H3. The predicted octanol–water partition coefficient (Wildman–Crippen LogP) is 0.834. The van der Waals surface area contributed by atoms with Crippen LogP contribution in [-0.2, 0) is 11.3 Å². The molecule has 0 amide bonds. The third kappa shape index (κ3) is 2.86. The maximum Gasteiger partial charge on any atom is 0.495 e. The van der Waals surface area contributed by atoms with Crippen LogP contribution in [0.1, 0.15) is 32.3 Å². The van der Waals surface area contributed by atoms with E-state index in [1.165, 1.54) is 0 Å². The second kappa shape index (κ2) is 5.30. The summed E-state index contributed by atoms with van der Waals surface area (Å²) in [5.74, 6) is 0.667. The molecule has 0 aromatic heterocycles. The van der Waals surface area contributed by atoms with Crippen LogP contribution in [0.3, 0.4) is 0 Å². The molecule has 1 aliphatic rings. The first kappa shape index (κ1) is 13.4. The Balaban J connectivity index is 2.17. The largest absolute Gasteiger partial charge is 0.495 e. The van der Waals surface area contributed by atoms with E-state index in [-0.39, 0.29) is 12.2 Å². The molecule has 5 heteroatoms. The molecular formula is C13H19BO4. The van der Waals surface area contributed by atoms with Gasteiger partial charge in [-0.05, 0) is 38.3 Å². The number of aliphatic hydroxyl groups is 1. The Morgan fingerprint density at radius 3 is 2.94 bits per heavy atom. The second-order valence-electron chi connectivity index (χ2n) is 5.18. The van der Waals surface area contributed by atoms with Crippen LogP contribution >= 0.6 is 0 Å². The summed E-state index contributed by atoms with van der Waals surface area (Å²) in [5.41, 5.74) is 1.33. The molecule has 0 spiro atoms. The molecule has 1 aromatic carbocycles. The summed E-state index contributed by atoms with van der Waals surface area (Å²) in [5, 5.41) is 18.7. The highest BCUT2D eigenvalue weighted by molar-refractivity contribution is 6.62. The third-order valence-corrected chi connectivity index (χ3v) is 3.12. The molecule has 0 radical (unpaired) electrons. The normalized spacial score (nSPS) is 14.8. The number of hydrogen-bond acceptors (Lipinski definition) is 4. The second-order valence-corrected chi connectivity index (χ2v) is 5.18. The molecule has 0 atom stereocenters. The minimum Gasteiger partial charge on any atom is -0.488 e. The minimum absolute atomic E-state index is 0.158. The molecule has 18 heavy (non-hydrogen) atoms. The zero-order chi connectivity index (χ0) is 13.2. The molecular weight excluding hydrogens is 231 g/mol. The van der Waals surface area contributed by atoms with Gasteiger partial charge in [0.15, 0.2) is 0 Å². The Kier molecular flexibility index (Phi) is 3.95. The van der Waals surface area contributed by atoms with Crippen molar-refractivity contribution in [1.29, 1.82) is 0 Å². The average Bonchev–Trinajstić information content (AvgIpc) is 2.69. The fourth-order valence-electron chi connectivity index (χ4n) is 2.19. The molecule has 2 rings (SSSR count). The molecule has 2 N–H and O–H groups in total. The minimum atomic E-state index is -0.898. The number of hydrogen-bond donors (Lipinski definition) is 2. The van der Waals surface area contributed by atoms with Crippen molar-refractivity contribution in [3.8, 4) is 5.75 Å². The van der Waals surface area contributed by atoms with Gasteiger partial charge in [0, 0.05) is 12.1 Å². The lowest BCUT2D eigenvalue weighted by Gasteiger charge is -2.27. The zero-order valence-electron chi connectivity index (χ0n) is 10.8. The fourth-order valence-corrected chi connectivity index (χ4v) is 2.19. The molecule has 0 bridgehead atoms. The first-order valence-corrected chi connectivity index (χ1v) is 6.25. The van der Waals surface area contributed by atoms with Crippen molar-refractivity contribution >= 4 is 12.6 Å². The van der Waals surface area contributed by atoms with Crippen molar-refractivity contribution in [2.45, 2.75) is 38.9 Å². The van der Waals surface area contributed by atoms with E-state index >= 15 is 0 Å². The number of aliphatic hydroxyl groups excluding tert-OH is 1. The Bertz CT molecular complexity index is 419. The summed E-state index contributed by atoms with van der Waals surface area (Å²) in [6.45, 7) is 4.53. The van der Waals surface area contributed by atoms with Gasteiger partial charge in [0.25, 0.3) is 0 Å². The topological polar surface area (TPSA) is 58.9 Å². The number of fused-ring (bicyclic) bond motifs is 1. The lowest BCUT2D eigenvalue weighted by atomic mass is 9.78. The van der Waals surface area contributed by atoms with E-state index in [4.69, 9.17) is 14.5 Å². The quantitative estimate of drug-likeness (QED) is 0.760. The number of rotatable bonds is 5. The molecule has 1 heterocycles. The Morgan fingerprint density at radius 1 is 1.44 bits per heavy atom. The highest BCUT2D eigenvalue weighted by atomic mass is 16.5. The van der Waals surface area contributed by atoms with Gasteiger partial charge in [-0.3, -0.25) is 0 Å². The van der Waals surface area contributed by atoms with Crippen molar-refractivity contribution in [3.05, 3.63) is 23.8 Å². The van der Waals surface area contributed by atoms with E-state index in [0.29, 0.717) is 18.8 Å². The highest BCUT2D eigenvalue weighted by Crippen LogP contribution is 2.24.